The predicted octanol–water partition coefficient (Wildman–Crippen LogP) is 2.10. The number of benzene rings is 2. The van der Waals surface area contributed by atoms with Crippen LogP contribution in [0.2, 0.25) is 0 Å². The maximum absolute atomic E-state index is 14.1. The van der Waals surface area contributed by atoms with Crippen LogP contribution in [0.5, 0.6) is 0 Å². The van der Waals surface area contributed by atoms with E-state index in [-0.39, 0.29) is 5.78 Å². The normalized spacial score (nSPS) is 19.9. The molecule has 1 saturated heterocycles. The molecule has 1 aliphatic rings. The Balaban J connectivity index is 1.96. The number of nitrogens with two attached hydrogens (primary N) is 1. The molecule has 1 heterocycles. The highest BCUT2D eigenvalue weighted by Gasteiger charge is 2.44. The van der Waals surface area contributed by atoms with Crippen molar-refractivity contribution in [1.29, 1.82) is 0 Å². The first kappa shape index (κ1) is 15.4. The summed E-state index contributed by atoms with van der Waals surface area (Å²) in [4.78, 5) is 24.2. The minimum absolute atomic E-state index is 0.340. The lowest BCUT2D eigenvalue weighted by Crippen LogP contribution is -2.65. The second kappa shape index (κ2) is 5.93. The van der Waals surface area contributed by atoms with Crippen LogP contribution < -0.4 is 11.1 Å². The zero-order chi connectivity index (χ0) is 16.4. The molecule has 0 aliphatic carbocycles. The molecule has 1 atom stereocenters. The average molecular weight is 311 g/mol. The number of hydrogen-bond acceptors (Lipinski definition) is 3. The van der Waals surface area contributed by atoms with E-state index < -0.39 is 17.3 Å². The van der Waals surface area contributed by atoms with Gasteiger partial charge < -0.3 is 11.1 Å². The van der Waals surface area contributed by atoms with Crippen LogP contribution in [0.3, 0.4) is 0 Å². The Morgan fingerprint density at radius 2 is 1.70 bits per heavy atom. The molecule has 2 aromatic rings. The van der Waals surface area contributed by atoms with Crippen molar-refractivity contribution in [3.8, 4) is 11.1 Å². The minimum atomic E-state index is -1.10. The standard InChI is InChI=1S/C18H16FN2O2/c19-15-8-4-3-6-13(15)12-5-1-2-7-14(12)16(22)11-18(17(20)23)9-10-21-18/h1-8,11,21H,9-10H2,(H2,20,23). The van der Waals surface area contributed by atoms with E-state index in [0.29, 0.717) is 29.7 Å². The van der Waals surface area contributed by atoms with E-state index in [9.17, 15) is 14.0 Å². The van der Waals surface area contributed by atoms with Crippen LogP contribution in [0.15, 0.2) is 48.5 Å². The summed E-state index contributed by atoms with van der Waals surface area (Å²) in [6.45, 7) is 0.627. The van der Waals surface area contributed by atoms with Gasteiger partial charge in [-0.3, -0.25) is 9.59 Å². The van der Waals surface area contributed by atoms with Gasteiger partial charge in [0, 0.05) is 11.1 Å². The topological polar surface area (TPSA) is 72.2 Å². The summed E-state index contributed by atoms with van der Waals surface area (Å²) in [5.41, 5.74) is 5.47. The molecule has 0 aromatic heterocycles. The Kier molecular flexibility index (Phi) is 3.96. The number of rotatable bonds is 5. The zero-order valence-electron chi connectivity index (χ0n) is 12.4. The summed E-state index contributed by atoms with van der Waals surface area (Å²) in [5, 5.41) is 2.90. The van der Waals surface area contributed by atoms with Gasteiger partial charge in [0.25, 0.3) is 0 Å². The summed E-state index contributed by atoms with van der Waals surface area (Å²) in [6, 6.07) is 13.0. The molecule has 2 aromatic carbocycles. The number of ketones is 1. The Bertz CT molecular complexity index is 769. The van der Waals surface area contributed by atoms with Crippen LogP contribution in [-0.2, 0) is 4.79 Å². The van der Waals surface area contributed by atoms with Crippen molar-refractivity contribution in [2.45, 2.75) is 12.0 Å². The smallest absolute Gasteiger partial charge is 0.238 e. The number of nitrogens with one attached hydrogen (secondary N) is 1. The van der Waals surface area contributed by atoms with E-state index in [1.807, 2.05) is 0 Å². The molecule has 3 N–H and O–H groups in total. The number of carbonyl (C=O) groups is 2. The molecule has 3 rings (SSSR count). The number of halogens is 1. The molecule has 1 unspecified atom stereocenters. The minimum Gasteiger partial charge on any atom is -0.368 e. The molecule has 0 bridgehead atoms. The largest absolute Gasteiger partial charge is 0.368 e. The van der Waals surface area contributed by atoms with Gasteiger partial charge in [-0.15, -0.1) is 0 Å². The van der Waals surface area contributed by atoms with E-state index in [1.54, 1.807) is 42.5 Å². The highest BCUT2D eigenvalue weighted by Crippen LogP contribution is 2.30. The fraction of sp³-hybridized carbons (Fsp3) is 0.167. The molecule has 1 aliphatic heterocycles. The number of hydrogen-bond donors (Lipinski definition) is 2. The van der Waals surface area contributed by atoms with Crippen molar-refractivity contribution in [1.82, 2.24) is 5.32 Å². The summed E-state index contributed by atoms with van der Waals surface area (Å²) < 4.78 is 14.1. The Morgan fingerprint density at radius 1 is 1.09 bits per heavy atom. The first-order valence-electron chi connectivity index (χ1n) is 7.33. The number of primary amides is 1. The fourth-order valence-corrected chi connectivity index (χ4v) is 2.71. The van der Waals surface area contributed by atoms with Gasteiger partial charge in [0.1, 0.15) is 11.4 Å². The van der Waals surface area contributed by atoms with Crippen molar-refractivity contribution in [2.24, 2.45) is 5.73 Å². The van der Waals surface area contributed by atoms with Crippen molar-refractivity contribution in [3.05, 3.63) is 66.3 Å². The fourth-order valence-electron chi connectivity index (χ4n) is 2.71. The molecule has 0 spiro atoms. The van der Waals surface area contributed by atoms with Crippen LogP contribution in [0, 0.1) is 12.2 Å². The Morgan fingerprint density at radius 3 is 2.26 bits per heavy atom. The zero-order valence-corrected chi connectivity index (χ0v) is 12.4. The molecule has 5 heteroatoms. The molecule has 1 radical (unpaired) electrons. The third-order valence-corrected chi connectivity index (χ3v) is 4.13. The lowest BCUT2D eigenvalue weighted by Gasteiger charge is -2.39. The van der Waals surface area contributed by atoms with Crippen LogP contribution in [0.1, 0.15) is 16.8 Å². The lowest BCUT2D eigenvalue weighted by molar-refractivity contribution is -0.125. The first-order valence-corrected chi connectivity index (χ1v) is 7.33. The van der Waals surface area contributed by atoms with E-state index in [2.05, 4.69) is 5.32 Å². The lowest BCUT2D eigenvalue weighted by atomic mass is 9.80. The number of amides is 1. The Labute approximate surface area is 133 Å². The number of Topliss-reactive ketones (excluding diaryl/α,β-unsaturated/α-hetero) is 1. The van der Waals surface area contributed by atoms with Crippen molar-refractivity contribution in [2.75, 3.05) is 6.54 Å². The molecule has 1 amide bonds. The second-order valence-electron chi connectivity index (χ2n) is 5.55. The van der Waals surface area contributed by atoms with Crippen LogP contribution in [0.25, 0.3) is 11.1 Å². The molecule has 1 fully saturated rings. The highest BCUT2D eigenvalue weighted by atomic mass is 19.1. The number of carbonyl (C=O) groups excluding carboxylic acids is 2. The highest BCUT2D eigenvalue weighted by molar-refractivity contribution is 6.11. The van der Waals surface area contributed by atoms with Gasteiger partial charge in [0.05, 0.1) is 6.42 Å². The van der Waals surface area contributed by atoms with E-state index in [1.165, 1.54) is 12.5 Å². The van der Waals surface area contributed by atoms with Crippen LogP contribution in [0.4, 0.5) is 4.39 Å². The monoisotopic (exact) mass is 311 g/mol. The van der Waals surface area contributed by atoms with Gasteiger partial charge in [0.2, 0.25) is 5.91 Å². The molecule has 4 nitrogen and oxygen atoms in total. The predicted molar refractivity (Wildman–Crippen MR) is 85.0 cm³/mol. The molecule has 117 valence electrons. The van der Waals surface area contributed by atoms with Crippen molar-refractivity contribution in [3.63, 3.8) is 0 Å². The molecular formula is C18H16FN2O2. The van der Waals surface area contributed by atoms with Crippen LogP contribution in [-0.4, -0.2) is 23.8 Å². The van der Waals surface area contributed by atoms with E-state index in [0.717, 1.165) is 0 Å². The van der Waals surface area contributed by atoms with Gasteiger partial charge in [0.15, 0.2) is 5.78 Å². The van der Waals surface area contributed by atoms with E-state index >= 15 is 0 Å². The van der Waals surface area contributed by atoms with Crippen LogP contribution >= 0.6 is 0 Å². The molecular weight excluding hydrogens is 295 g/mol. The maximum atomic E-state index is 14.1. The van der Waals surface area contributed by atoms with Gasteiger partial charge in [-0.2, -0.15) is 0 Å². The quantitative estimate of drug-likeness (QED) is 0.831. The molecule has 23 heavy (non-hydrogen) atoms. The molecule has 0 saturated carbocycles. The van der Waals surface area contributed by atoms with Gasteiger partial charge in [-0.05, 0) is 24.6 Å². The summed E-state index contributed by atoms with van der Waals surface area (Å²) in [6.07, 6.45) is 1.79. The summed E-state index contributed by atoms with van der Waals surface area (Å²) >= 11 is 0. The van der Waals surface area contributed by atoms with Crippen molar-refractivity contribution < 1.29 is 14.0 Å². The summed E-state index contributed by atoms with van der Waals surface area (Å²) in [5.74, 6) is -1.34. The first-order chi connectivity index (χ1) is 11.0. The van der Waals surface area contributed by atoms with Gasteiger partial charge in [-0.25, -0.2) is 4.39 Å². The van der Waals surface area contributed by atoms with Gasteiger partial charge in [-0.1, -0.05) is 42.5 Å². The van der Waals surface area contributed by atoms with Crippen molar-refractivity contribution >= 4 is 11.7 Å². The SMILES string of the molecule is NC(=O)C1([CH]C(=O)c2ccccc2-c2ccccc2F)CCN1. The second-order valence-corrected chi connectivity index (χ2v) is 5.55. The maximum Gasteiger partial charge on any atom is 0.238 e. The summed E-state index contributed by atoms with van der Waals surface area (Å²) in [7, 11) is 0. The van der Waals surface area contributed by atoms with Gasteiger partial charge >= 0.3 is 0 Å². The average Bonchev–Trinajstić information content (AvgIpc) is 2.51. The Hall–Kier alpha value is -2.53. The third-order valence-electron chi connectivity index (χ3n) is 4.13. The van der Waals surface area contributed by atoms with E-state index in [4.69, 9.17) is 5.73 Å². The third kappa shape index (κ3) is 2.75.